The Morgan fingerprint density at radius 3 is 2.89 bits per heavy atom. The highest BCUT2D eigenvalue weighted by molar-refractivity contribution is 5.70. The Morgan fingerprint density at radius 2 is 2.16 bits per heavy atom. The molecule has 1 atom stereocenters. The third-order valence-electron chi connectivity index (χ3n) is 3.58. The zero-order valence-electron chi connectivity index (χ0n) is 11.9. The van der Waals surface area contributed by atoms with E-state index in [0.29, 0.717) is 0 Å². The molecule has 0 amide bonds. The monoisotopic (exact) mass is 260 g/mol. The van der Waals surface area contributed by atoms with Crippen molar-refractivity contribution in [3.8, 4) is 0 Å². The number of hydrogen-bond donors (Lipinski definition) is 2. The zero-order chi connectivity index (χ0) is 13.7. The molecule has 0 aliphatic carbocycles. The minimum Gasteiger partial charge on any atom is -0.341 e. The number of fused-ring (bicyclic) bond motifs is 1. The second kappa shape index (κ2) is 6.66. The van der Waals surface area contributed by atoms with Crippen LogP contribution >= 0.6 is 0 Å². The van der Waals surface area contributed by atoms with E-state index in [4.69, 9.17) is 5.73 Å². The molecule has 0 fully saturated rings. The summed E-state index contributed by atoms with van der Waals surface area (Å²) < 4.78 is 0. The number of imidazole rings is 1. The van der Waals surface area contributed by atoms with Crippen molar-refractivity contribution >= 4 is 11.2 Å². The number of aryl methyl sites for hydroxylation is 2. The van der Waals surface area contributed by atoms with Gasteiger partial charge in [-0.2, -0.15) is 0 Å². The highest BCUT2D eigenvalue weighted by Crippen LogP contribution is 2.18. The van der Waals surface area contributed by atoms with Crippen molar-refractivity contribution < 1.29 is 0 Å². The maximum absolute atomic E-state index is 5.67. The van der Waals surface area contributed by atoms with Gasteiger partial charge in [-0.05, 0) is 43.9 Å². The normalized spacial score (nSPS) is 13.0. The van der Waals surface area contributed by atoms with E-state index in [1.807, 2.05) is 13.1 Å². The Bertz CT molecular complexity index is 512. The molecule has 0 saturated heterocycles. The molecule has 0 aliphatic rings. The maximum Gasteiger partial charge on any atom is 0.177 e. The second-order valence-corrected chi connectivity index (χ2v) is 5.34. The summed E-state index contributed by atoms with van der Waals surface area (Å²) in [6.45, 7) is 5.06. The molecule has 0 spiro atoms. The third kappa shape index (κ3) is 3.77. The van der Waals surface area contributed by atoms with Crippen LogP contribution in [-0.2, 0) is 6.42 Å². The van der Waals surface area contributed by atoms with Crippen LogP contribution in [0.1, 0.15) is 44.0 Å². The largest absolute Gasteiger partial charge is 0.341 e. The Morgan fingerprint density at radius 1 is 1.32 bits per heavy atom. The lowest BCUT2D eigenvalue weighted by Gasteiger charge is -2.13. The van der Waals surface area contributed by atoms with Gasteiger partial charge in [0.1, 0.15) is 5.82 Å². The highest BCUT2D eigenvalue weighted by atomic mass is 15.0. The lowest BCUT2D eigenvalue weighted by atomic mass is 9.94. The van der Waals surface area contributed by atoms with Crippen LogP contribution in [0.15, 0.2) is 12.3 Å². The molecule has 0 aromatic carbocycles. The van der Waals surface area contributed by atoms with Crippen LogP contribution in [0.5, 0.6) is 0 Å². The summed E-state index contributed by atoms with van der Waals surface area (Å²) in [6, 6.07) is 2.10. The molecule has 104 valence electrons. The molecular formula is C15H24N4. The highest BCUT2D eigenvalue weighted by Gasteiger charge is 2.09. The Labute approximate surface area is 114 Å². The summed E-state index contributed by atoms with van der Waals surface area (Å²) in [4.78, 5) is 12.3. The number of nitrogens with one attached hydrogen (secondary N) is 1. The molecule has 3 N–H and O–H groups in total. The van der Waals surface area contributed by atoms with E-state index in [9.17, 15) is 0 Å². The fourth-order valence-electron chi connectivity index (χ4n) is 2.59. The first-order chi connectivity index (χ1) is 9.22. The summed E-state index contributed by atoms with van der Waals surface area (Å²) in [5, 5.41) is 0. The molecule has 2 aromatic heterocycles. The zero-order valence-corrected chi connectivity index (χ0v) is 11.9. The first-order valence-corrected chi connectivity index (χ1v) is 7.24. The number of nitrogens with zero attached hydrogens (tertiary/aromatic N) is 2. The van der Waals surface area contributed by atoms with Gasteiger partial charge in [-0.25, -0.2) is 9.97 Å². The van der Waals surface area contributed by atoms with E-state index >= 15 is 0 Å². The molecule has 2 rings (SSSR count). The van der Waals surface area contributed by atoms with Crippen molar-refractivity contribution in [2.24, 2.45) is 11.7 Å². The molecule has 0 aliphatic heterocycles. The van der Waals surface area contributed by atoms with Crippen molar-refractivity contribution in [1.29, 1.82) is 0 Å². The molecule has 19 heavy (non-hydrogen) atoms. The number of rotatable bonds is 7. The van der Waals surface area contributed by atoms with E-state index < -0.39 is 0 Å². The lowest BCUT2D eigenvalue weighted by Crippen LogP contribution is -2.10. The van der Waals surface area contributed by atoms with Gasteiger partial charge in [0.05, 0.1) is 5.52 Å². The van der Waals surface area contributed by atoms with Crippen LogP contribution in [0.3, 0.4) is 0 Å². The number of aromatic nitrogens is 3. The minimum atomic E-state index is 0.720. The molecule has 4 heteroatoms. The number of H-pyrrole nitrogens is 1. The van der Waals surface area contributed by atoms with Gasteiger partial charge >= 0.3 is 0 Å². The van der Waals surface area contributed by atoms with E-state index in [1.54, 1.807) is 0 Å². The van der Waals surface area contributed by atoms with Gasteiger partial charge in [0.15, 0.2) is 5.65 Å². The molecule has 0 bridgehead atoms. The Balaban J connectivity index is 2.00. The summed E-state index contributed by atoms with van der Waals surface area (Å²) >= 11 is 0. The van der Waals surface area contributed by atoms with E-state index in [0.717, 1.165) is 54.3 Å². The smallest absolute Gasteiger partial charge is 0.177 e. The van der Waals surface area contributed by atoms with Crippen LogP contribution < -0.4 is 5.73 Å². The van der Waals surface area contributed by atoms with Gasteiger partial charge < -0.3 is 10.7 Å². The second-order valence-electron chi connectivity index (χ2n) is 5.34. The van der Waals surface area contributed by atoms with Gasteiger partial charge in [-0.1, -0.05) is 19.8 Å². The summed E-state index contributed by atoms with van der Waals surface area (Å²) in [6.07, 6.45) is 7.61. The fraction of sp³-hybridized carbons (Fsp3) is 0.600. The summed E-state index contributed by atoms with van der Waals surface area (Å²) in [7, 11) is 0. The van der Waals surface area contributed by atoms with Crippen molar-refractivity contribution in [3.05, 3.63) is 23.7 Å². The van der Waals surface area contributed by atoms with E-state index in [-0.39, 0.29) is 0 Å². The van der Waals surface area contributed by atoms with Gasteiger partial charge in [0, 0.05) is 12.6 Å². The minimum absolute atomic E-state index is 0.720. The standard InChI is InChI=1S/C15H24N4/c1-3-4-12(7-8-16)5-6-14-18-13-9-11(2)10-17-15(13)19-14/h9-10,12H,3-8,16H2,1-2H3,(H,17,18,19). The number of aromatic amines is 1. The number of hydrogen-bond acceptors (Lipinski definition) is 3. The summed E-state index contributed by atoms with van der Waals surface area (Å²) in [5.74, 6) is 1.77. The van der Waals surface area contributed by atoms with Gasteiger partial charge in [-0.3, -0.25) is 0 Å². The predicted octanol–water partition coefficient (Wildman–Crippen LogP) is 2.96. The first-order valence-electron chi connectivity index (χ1n) is 7.24. The topological polar surface area (TPSA) is 67.6 Å². The van der Waals surface area contributed by atoms with Crippen molar-refractivity contribution in [3.63, 3.8) is 0 Å². The van der Waals surface area contributed by atoms with Crippen LogP contribution in [0.2, 0.25) is 0 Å². The predicted molar refractivity (Wildman–Crippen MR) is 79.0 cm³/mol. The van der Waals surface area contributed by atoms with Crippen molar-refractivity contribution in [1.82, 2.24) is 15.0 Å². The van der Waals surface area contributed by atoms with Gasteiger partial charge in [0.25, 0.3) is 0 Å². The molecule has 0 saturated carbocycles. The Kier molecular flexibility index (Phi) is 4.91. The first kappa shape index (κ1) is 14.0. The lowest BCUT2D eigenvalue weighted by molar-refractivity contribution is 0.418. The molecule has 1 unspecified atom stereocenters. The fourth-order valence-corrected chi connectivity index (χ4v) is 2.59. The average Bonchev–Trinajstić information content (AvgIpc) is 2.78. The van der Waals surface area contributed by atoms with Crippen LogP contribution in [0, 0.1) is 12.8 Å². The number of pyridine rings is 1. The van der Waals surface area contributed by atoms with E-state index in [1.165, 1.54) is 12.8 Å². The Hall–Kier alpha value is -1.42. The third-order valence-corrected chi connectivity index (χ3v) is 3.58. The van der Waals surface area contributed by atoms with Crippen LogP contribution in [0.25, 0.3) is 11.2 Å². The SMILES string of the molecule is CCCC(CCN)CCc1nc2ncc(C)cc2[nH]1. The van der Waals surface area contributed by atoms with Gasteiger partial charge in [0.2, 0.25) is 0 Å². The molecule has 2 heterocycles. The average molecular weight is 260 g/mol. The molecule has 2 aromatic rings. The molecule has 4 nitrogen and oxygen atoms in total. The quantitative estimate of drug-likeness (QED) is 0.804. The van der Waals surface area contributed by atoms with Crippen molar-refractivity contribution in [2.75, 3.05) is 6.54 Å². The number of nitrogens with two attached hydrogens (primary N) is 1. The molecule has 0 radical (unpaired) electrons. The van der Waals surface area contributed by atoms with Crippen LogP contribution in [-0.4, -0.2) is 21.5 Å². The van der Waals surface area contributed by atoms with Gasteiger partial charge in [-0.15, -0.1) is 0 Å². The molecular weight excluding hydrogens is 236 g/mol. The summed E-state index contributed by atoms with van der Waals surface area (Å²) in [5.41, 5.74) is 8.70. The van der Waals surface area contributed by atoms with Crippen LogP contribution in [0.4, 0.5) is 0 Å². The van der Waals surface area contributed by atoms with Crippen molar-refractivity contribution in [2.45, 2.75) is 46.0 Å². The maximum atomic E-state index is 5.67. The van der Waals surface area contributed by atoms with E-state index in [2.05, 4.69) is 27.9 Å².